The summed E-state index contributed by atoms with van der Waals surface area (Å²) in [5.41, 5.74) is 2.47. The summed E-state index contributed by atoms with van der Waals surface area (Å²) in [6, 6.07) is 7.27. The zero-order valence-corrected chi connectivity index (χ0v) is 16.9. The number of rotatable bonds is 6. The Balaban J connectivity index is 1.58. The van der Waals surface area contributed by atoms with Crippen LogP contribution in [-0.4, -0.2) is 39.3 Å². The first-order valence-corrected chi connectivity index (χ1v) is 11.5. The molecule has 0 spiro atoms. The van der Waals surface area contributed by atoms with Crippen molar-refractivity contribution in [2.75, 3.05) is 24.7 Å². The molecule has 0 bridgehead atoms. The van der Waals surface area contributed by atoms with Gasteiger partial charge in [-0.2, -0.15) is 0 Å². The van der Waals surface area contributed by atoms with Gasteiger partial charge in [-0.3, -0.25) is 19.2 Å². The van der Waals surface area contributed by atoms with Gasteiger partial charge in [-0.05, 0) is 49.5 Å². The second-order valence-corrected chi connectivity index (χ2v) is 9.27. The minimum atomic E-state index is -0.926. The smallest absolute Gasteiger partial charge is 0.257 e. The highest BCUT2D eigenvalue weighted by Crippen LogP contribution is 2.21. The number of nitrogens with one attached hydrogen (secondary N) is 1. The molecule has 1 unspecified atom stereocenters. The van der Waals surface area contributed by atoms with E-state index in [1.54, 1.807) is 18.4 Å². The molecule has 1 N–H and O–H groups in total. The first-order chi connectivity index (χ1) is 12.5. The Labute approximate surface area is 161 Å². The van der Waals surface area contributed by atoms with Crippen LogP contribution in [0.2, 0.25) is 0 Å². The Bertz CT molecular complexity index is 783. The lowest BCUT2D eigenvalue weighted by molar-refractivity contribution is 0.102. The maximum absolute atomic E-state index is 12.5. The van der Waals surface area contributed by atoms with Crippen molar-refractivity contribution in [1.82, 2.24) is 9.88 Å². The Hall–Kier alpha value is -1.57. The zero-order valence-electron chi connectivity index (χ0n) is 15.2. The lowest BCUT2D eigenvalue weighted by Crippen LogP contribution is -2.32. The van der Waals surface area contributed by atoms with Crippen molar-refractivity contribution >= 4 is 33.2 Å². The van der Waals surface area contributed by atoms with Crippen LogP contribution >= 0.6 is 11.3 Å². The third-order valence-corrected chi connectivity index (χ3v) is 6.14. The van der Waals surface area contributed by atoms with Crippen molar-refractivity contribution in [1.29, 1.82) is 0 Å². The van der Waals surface area contributed by atoms with Gasteiger partial charge in [0.15, 0.2) is 5.13 Å². The Kier molecular flexibility index (Phi) is 6.56. The van der Waals surface area contributed by atoms with Crippen molar-refractivity contribution in [3.63, 3.8) is 0 Å². The third-order valence-electron chi connectivity index (χ3n) is 4.59. The molecular formula is C19H25N3O2S2. The number of thiazole rings is 1. The summed E-state index contributed by atoms with van der Waals surface area (Å²) < 4.78 is 11.4. The molecular weight excluding hydrogens is 366 g/mol. The van der Waals surface area contributed by atoms with Crippen LogP contribution in [0.25, 0.3) is 0 Å². The fourth-order valence-electron chi connectivity index (χ4n) is 3.09. The quantitative estimate of drug-likeness (QED) is 0.819. The number of hydrogen-bond acceptors (Lipinski definition) is 5. The maximum Gasteiger partial charge on any atom is 0.257 e. The normalized spacial score (nSPS) is 17.2. The van der Waals surface area contributed by atoms with Gasteiger partial charge in [0, 0.05) is 40.3 Å². The lowest BCUT2D eigenvalue weighted by atomic mass is 9.99. The SMILES string of the molecule is CC1CCN(Cc2csc(NC(=O)c3cccc(CS(C)=O)c3)n2)CC1. The first kappa shape index (κ1) is 19.2. The molecule has 1 aliphatic heterocycles. The minimum absolute atomic E-state index is 0.179. The lowest BCUT2D eigenvalue weighted by Gasteiger charge is -2.29. The molecule has 1 atom stereocenters. The number of piperidine rings is 1. The molecule has 2 aromatic rings. The predicted octanol–water partition coefficient (Wildman–Crippen LogP) is 3.51. The Morgan fingerprint density at radius 1 is 1.38 bits per heavy atom. The summed E-state index contributed by atoms with van der Waals surface area (Å²) in [5, 5.41) is 5.52. The largest absolute Gasteiger partial charge is 0.298 e. The third kappa shape index (κ3) is 5.46. The molecule has 0 aliphatic carbocycles. The van der Waals surface area contributed by atoms with Gasteiger partial charge < -0.3 is 0 Å². The second-order valence-electron chi connectivity index (χ2n) is 6.97. The van der Waals surface area contributed by atoms with Crippen LogP contribution in [0, 0.1) is 5.92 Å². The highest BCUT2D eigenvalue weighted by molar-refractivity contribution is 7.83. The number of benzene rings is 1. The molecule has 26 heavy (non-hydrogen) atoms. The molecule has 2 heterocycles. The molecule has 5 nitrogen and oxygen atoms in total. The number of likely N-dealkylation sites (tertiary alicyclic amines) is 1. The molecule has 7 heteroatoms. The molecule has 0 radical (unpaired) electrons. The van der Waals surface area contributed by atoms with E-state index in [0.29, 0.717) is 16.4 Å². The van der Waals surface area contributed by atoms with E-state index in [9.17, 15) is 9.00 Å². The van der Waals surface area contributed by atoms with Crippen molar-refractivity contribution in [2.24, 2.45) is 5.92 Å². The van der Waals surface area contributed by atoms with Crippen LogP contribution in [0.5, 0.6) is 0 Å². The monoisotopic (exact) mass is 391 g/mol. The Morgan fingerprint density at radius 2 is 2.15 bits per heavy atom. The molecule has 1 amide bonds. The van der Waals surface area contributed by atoms with E-state index in [-0.39, 0.29) is 5.91 Å². The number of carbonyl (C=O) groups is 1. The summed E-state index contributed by atoms with van der Waals surface area (Å²) in [5.74, 6) is 1.09. The molecule has 1 saturated heterocycles. The highest BCUT2D eigenvalue weighted by atomic mass is 32.2. The number of carbonyl (C=O) groups excluding carboxylic acids is 1. The predicted molar refractivity (Wildman–Crippen MR) is 108 cm³/mol. The van der Waals surface area contributed by atoms with E-state index >= 15 is 0 Å². The van der Waals surface area contributed by atoms with Crippen molar-refractivity contribution < 1.29 is 9.00 Å². The molecule has 0 saturated carbocycles. The van der Waals surface area contributed by atoms with Crippen molar-refractivity contribution in [2.45, 2.75) is 32.1 Å². The van der Waals surface area contributed by atoms with Gasteiger partial charge in [-0.25, -0.2) is 4.98 Å². The van der Waals surface area contributed by atoms with E-state index in [2.05, 4.69) is 22.1 Å². The average molecular weight is 392 g/mol. The molecule has 1 fully saturated rings. The molecule has 1 aliphatic rings. The van der Waals surface area contributed by atoms with Crippen LogP contribution in [0.15, 0.2) is 29.6 Å². The summed E-state index contributed by atoms with van der Waals surface area (Å²) in [6.45, 7) is 5.38. The van der Waals surface area contributed by atoms with Gasteiger partial charge in [-0.1, -0.05) is 19.1 Å². The number of anilines is 1. The summed E-state index contributed by atoms with van der Waals surface area (Å²) in [4.78, 5) is 19.4. The van der Waals surface area contributed by atoms with Gasteiger partial charge in [0.25, 0.3) is 5.91 Å². The van der Waals surface area contributed by atoms with Gasteiger partial charge in [0.2, 0.25) is 0 Å². The maximum atomic E-state index is 12.5. The fourth-order valence-corrected chi connectivity index (χ4v) is 4.44. The minimum Gasteiger partial charge on any atom is -0.298 e. The van der Waals surface area contributed by atoms with Crippen LogP contribution in [0.3, 0.4) is 0 Å². The summed E-state index contributed by atoms with van der Waals surface area (Å²) in [7, 11) is -0.926. The van der Waals surface area contributed by atoms with Gasteiger partial charge in [-0.15, -0.1) is 11.3 Å². The number of aromatic nitrogens is 1. The zero-order chi connectivity index (χ0) is 18.5. The molecule has 1 aromatic carbocycles. The van der Waals surface area contributed by atoms with Gasteiger partial charge in [0.1, 0.15) is 0 Å². The number of nitrogens with zero attached hydrogens (tertiary/aromatic N) is 2. The van der Waals surface area contributed by atoms with E-state index in [1.807, 2.05) is 17.5 Å². The number of hydrogen-bond donors (Lipinski definition) is 1. The van der Waals surface area contributed by atoms with Crippen molar-refractivity contribution in [3.05, 3.63) is 46.5 Å². The van der Waals surface area contributed by atoms with Crippen LogP contribution in [0.4, 0.5) is 5.13 Å². The highest BCUT2D eigenvalue weighted by Gasteiger charge is 2.17. The standard InChI is InChI=1S/C19H25N3O2S2/c1-14-6-8-22(9-7-14)11-17-12-25-19(20-17)21-18(23)16-5-3-4-15(10-16)13-26(2)24/h3-5,10,12,14H,6-9,11,13H2,1-2H3,(H,20,21,23). The fraction of sp³-hybridized carbons (Fsp3) is 0.474. The topological polar surface area (TPSA) is 62.3 Å². The average Bonchev–Trinajstić information content (AvgIpc) is 3.03. The van der Waals surface area contributed by atoms with Gasteiger partial charge in [0.05, 0.1) is 5.69 Å². The molecule has 3 rings (SSSR count). The van der Waals surface area contributed by atoms with E-state index in [0.717, 1.165) is 36.8 Å². The molecule has 1 aromatic heterocycles. The van der Waals surface area contributed by atoms with Crippen LogP contribution in [0.1, 0.15) is 41.4 Å². The Morgan fingerprint density at radius 3 is 2.88 bits per heavy atom. The van der Waals surface area contributed by atoms with Crippen LogP contribution < -0.4 is 5.32 Å². The second kappa shape index (κ2) is 8.88. The van der Waals surface area contributed by atoms with Crippen molar-refractivity contribution in [3.8, 4) is 0 Å². The summed E-state index contributed by atoms with van der Waals surface area (Å²) >= 11 is 1.46. The first-order valence-electron chi connectivity index (χ1n) is 8.86. The van der Waals surface area contributed by atoms with Crippen LogP contribution in [-0.2, 0) is 23.1 Å². The van der Waals surface area contributed by atoms with E-state index in [1.165, 1.54) is 24.2 Å². The van der Waals surface area contributed by atoms with Gasteiger partial charge >= 0.3 is 0 Å². The van der Waals surface area contributed by atoms with E-state index in [4.69, 9.17) is 0 Å². The number of amides is 1. The summed E-state index contributed by atoms with van der Waals surface area (Å²) in [6.07, 6.45) is 4.14. The van der Waals surface area contributed by atoms with E-state index < -0.39 is 10.8 Å². The molecule has 140 valence electrons.